The van der Waals surface area contributed by atoms with Gasteiger partial charge in [0.25, 0.3) is 5.91 Å². The Kier molecular flexibility index (Phi) is 7.88. The third-order valence-electron chi connectivity index (χ3n) is 4.48. The average Bonchev–Trinajstić information content (AvgIpc) is 2.59. The number of amides is 2. The molecule has 144 valence electrons. The molecule has 0 radical (unpaired) electrons. The van der Waals surface area contributed by atoms with E-state index in [1.807, 2.05) is 45.0 Å². The fourth-order valence-electron chi connectivity index (χ4n) is 3.14. The number of likely N-dealkylation sites (tertiary alicyclic amines) is 1. The highest BCUT2D eigenvalue weighted by Crippen LogP contribution is 2.17. The largest absolute Gasteiger partial charge is 0.352 e. The van der Waals surface area contributed by atoms with Crippen LogP contribution in [0.3, 0.4) is 0 Å². The van der Waals surface area contributed by atoms with Crippen LogP contribution in [-0.2, 0) is 9.22 Å². The van der Waals surface area contributed by atoms with Crippen molar-refractivity contribution in [2.75, 3.05) is 26.2 Å². The number of alkyl halides is 1. The fourth-order valence-corrected chi connectivity index (χ4v) is 3.62. The van der Waals surface area contributed by atoms with Gasteiger partial charge in [0.05, 0.1) is 6.54 Å². The third-order valence-corrected chi connectivity index (χ3v) is 5.36. The van der Waals surface area contributed by atoms with Crippen molar-refractivity contribution in [3.63, 3.8) is 0 Å². The summed E-state index contributed by atoms with van der Waals surface area (Å²) in [5.41, 5.74) is 1.71. The second-order valence-electron chi connectivity index (χ2n) is 8.06. The van der Waals surface area contributed by atoms with Crippen LogP contribution in [-0.4, -0.2) is 48.4 Å². The van der Waals surface area contributed by atoms with E-state index in [-0.39, 0.29) is 17.4 Å². The molecule has 0 atom stereocenters. The molecule has 0 unspecified atom stereocenters. The van der Waals surface area contributed by atoms with Crippen LogP contribution >= 0.6 is 22.6 Å². The number of piperidine rings is 1. The van der Waals surface area contributed by atoms with Crippen LogP contribution in [0.2, 0.25) is 0 Å². The van der Waals surface area contributed by atoms with Gasteiger partial charge in [0, 0.05) is 22.1 Å². The Morgan fingerprint density at radius 1 is 1.23 bits per heavy atom. The molecule has 2 N–H and O–H groups in total. The summed E-state index contributed by atoms with van der Waals surface area (Å²) < 4.78 is 0.903. The van der Waals surface area contributed by atoms with Gasteiger partial charge in [0.2, 0.25) is 5.91 Å². The molecule has 2 rings (SSSR count). The van der Waals surface area contributed by atoms with E-state index in [4.69, 9.17) is 0 Å². The number of rotatable bonds is 6. The van der Waals surface area contributed by atoms with Gasteiger partial charge >= 0.3 is 0 Å². The Labute approximate surface area is 170 Å². The normalized spacial score (nSPS) is 16.3. The summed E-state index contributed by atoms with van der Waals surface area (Å²) in [5, 5.41) is 6.07. The molecule has 1 saturated heterocycles. The van der Waals surface area contributed by atoms with Crippen molar-refractivity contribution >= 4 is 34.4 Å². The molecule has 1 aliphatic heterocycles. The maximum atomic E-state index is 12.3. The van der Waals surface area contributed by atoms with Gasteiger partial charge < -0.3 is 10.6 Å². The maximum Gasteiger partial charge on any atom is 0.251 e. The van der Waals surface area contributed by atoms with Crippen molar-refractivity contribution in [1.29, 1.82) is 0 Å². The van der Waals surface area contributed by atoms with Crippen LogP contribution in [0.1, 0.15) is 49.5 Å². The SMILES string of the molecule is CC(C)(C)NC(=O)CN1CCC(CNC(=O)c2cccc(CI)c2)CC1. The molecule has 1 aliphatic rings. The summed E-state index contributed by atoms with van der Waals surface area (Å²) in [6.07, 6.45) is 2.02. The Hall–Kier alpha value is -1.15. The molecule has 0 spiro atoms. The summed E-state index contributed by atoms with van der Waals surface area (Å²) >= 11 is 2.30. The Morgan fingerprint density at radius 2 is 1.92 bits per heavy atom. The molecule has 0 aromatic heterocycles. The zero-order chi connectivity index (χ0) is 19.2. The maximum absolute atomic E-state index is 12.3. The highest BCUT2D eigenvalue weighted by atomic mass is 127. The van der Waals surface area contributed by atoms with Gasteiger partial charge in [-0.1, -0.05) is 34.7 Å². The van der Waals surface area contributed by atoms with Gasteiger partial charge in [-0.05, 0) is 70.3 Å². The molecule has 0 aliphatic carbocycles. The van der Waals surface area contributed by atoms with Crippen LogP contribution in [0.25, 0.3) is 0 Å². The second kappa shape index (κ2) is 9.69. The fraction of sp³-hybridized carbons (Fsp3) is 0.600. The van der Waals surface area contributed by atoms with Crippen LogP contribution in [0.4, 0.5) is 0 Å². The van der Waals surface area contributed by atoms with Gasteiger partial charge in [-0.3, -0.25) is 14.5 Å². The third kappa shape index (κ3) is 7.23. The lowest BCUT2D eigenvalue weighted by atomic mass is 9.96. The van der Waals surface area contributed by atoms with E-state index in [1.165, 1.54) is 5.56 Å². The van der Waals surface area contributed by atoms with E-state index in [2.05, 4.69) is 38.1 Å². The molecule has 0 saturated carbocycles. The van der Waals surface area contributed by atoms with Crippen LogP contribution in [0.5, 0.6) is 0 Å². The summed E-state index contributed by atoms with van der Waals surface area (Å²) in [4.78, 5) is 26.5. The van der Waals surface area contributed by atoms with Gasteiger partial charge in [-0.2, -0.15) is 0 Å². The monoisotopic (exact) mass is 471 g/mol. The molecule has 1 aromatic carbocycles. The second-order valence-corrected chi connectivity index (χ2v) is 8.82. The number of halogens is 1. The Morgan fingerprint density at radius 3 is 2.54 bits per heavy atom. The minimum atomic E-state index is -0.186. The van der Waals surface area contributed by atoms with Crippen molar-refractivity contribution < 1.29 is 9.59 Å². The Balaban J connectivity index is 1.71. The molecule has 6 heteroatoms. The van der Waals surface area contributed by atoms with E-state index >= 15 is 0 Å². The standard InChI is InChI=1S/C20H30IN3O2/c1-20(2,3)23-18(25)14-24-9-7-15(8-10-24)13-22-19(26)17-6-4-5-16(11-17)12-21/h4-6,11,15H,7-10,12-14H2,1-3H3,(H,22,26)(H,23,25). The van der Waals surface area contributed by atoms with E-state index in [1.54, 1.807) is 0 Å². The molecule has 1 heterocycles. The molecular weight excluding hydrogens is 441 g/mol. The van der Waals surface area contributed by atoms with Crippen molar-refractivity contribution in [3.05, 3.63) is 35.4 Å². The molecular formula is C20H30IN3O2. The quantitative estimate of drug-likeness (QED) is 0.496. The zero-order valence-corrected chi connectivity index (χ0v) is 18.1. The first-order chi connectivity index (χ1) is 12.3. The lowest BCUT2D eigenvalue weighted by Crippen LogP contribution is -2.48. The zero-order valence-electron chi connectivity index (χ0n) is 16.0. The van der Waals surface area contributed by atoms with E-state index in [0.29, 0.717) is 19.0 Å². The number of hydrogen-bond acceptors (Lipinski definition) is 3. The first kappa shape index (κ1) is 21.2. The van der Waals surface area contributed by atoms with Gasteiger partial charge in [0.15, 0.2) is 0 Å². The number of nitrogens with zero attached hydrogens (tertiary/aromatic N) is 1. The number of carbonyl (C=O) groups is 2. The van der Waals surface area contributed by atoms with E-state index < -0.39 is 0 Å². The van der Waals surface area contributed by atoms with Crippen LogP contribution < -0.4 is 10.6 Å². The molecule has 1 aromatic rings. The van der Waals surface area contributed by atoms with Crippen molar-refractivity contribution in [2.45, 2.75) is 43.6 Å². The Bertz CT molecular complexity index is 620. The number of hydrogen-bond donors (Lipinski definition) is 2. The summed E-state index contributed by atoms with van der Waals surface area (Å²) in [6.45, 7) is 8.96. The number of benzene rings is 1. The predicted molar refractivity (Wildman–Crippen MR) is 114 cm³/mol. The minimum Gasteiger partial charge on any atom is -0.352 e. The smallest absolute Gasteiger partial charge is 0.251 e. The highest BCUT2D eigenvalue weighted by molar-refractivity contribution is 14.1. The minimum absolute atomic E-state index is 0.00341. The van der Waals surface area contributed by atoms with Crippen LogP contribution in [0.15, 0.2) is 24.3 Å². The van der Waals surface area contributed by atoms with E-state index in [9.17, 15) is 9.59 Å². The average molecular weight is 471 g/mol. The first-order valence-electron chi connectivity index (χ1n) is 9.23. The van der Waals surface area contributed by atoms with Crippen LogP contribution in [0, 0.1) is 5.92 Å². The number of carbonyl (C=O) groups excluding carboxylic acids is 2. The van der Waals surface area contributed by atoms with Crippen molar-refractivity contribution in [3.8, 4) is 0 Å². The van der Waals surface area contributed by atoms with E-state index in [0.717, 1.165) is 35.9 Å². The van der Waals surface area contributed by atoms with Gasteiger partial charge in [0.1, 0.15) is 0 Å². The summed E-state index contributed by atoms with van der Waals surface area (Å²) in [6, 6.07) is 7.79. The lowest BCUT2D eigenvalue weighted by Gasteiger charge is -2.32. The lowest BCUT2D eigenvalue weighted by molar-refractivity contribution is -0.124. The van der Waals surface area contributed by atoms with Gasteiger partial charge in [-0.25, -0.2) is 0 Å². The molecule has 2 amide bonds. The topological polar surface area (TPSA) is 61.4 Å². The summed E-state index contributed by atoms with van der Waals surface area (Å²) in [7, 11) is 0. The number of nitrogens with one attached hydrogen (secondary N) is 2. The molecule has 26 heavy (non-hydrogen) atoms. The molecule has 5 nitrogen and oxygen atoms in total. The highest BCUT2D eigenvalue weighted by Gasteiger charge is 2.23. The summed E-state index contributed by atoms with van der Waals surface area (Å²) in [5.74, 6) is 0.566. The molecule has 0 bridgehead atoms. The van der Waals surface area contributed by atoms with Gasteiger partial charge in [-0.15, -0.1) is 0 Å². The first-order valence-corrected chi connectivity index (χ1v) is 10.8. The van der Waals surface area contributed by atoms with Crippen molar-refractivity contribution in [1.82, 2.24) is 15.5 Å². The predicted octanol–water partition coefficient (Wildman–Crippen LogP) is 2.98. The molecule has 1 fully saturated rings. The van der Waals surface area contributed by atoms with Crippen molar-refractivity contribution in [2.24, 2.45) is 5.92 Å².